The number of aromatic nitrogens is 3. The average molecular weight is 818 g/mol. The van der Waals surface area contributed by atoms with Crippen LogP contribution in [0.15, 0.2) is 79.3 Å². The number of aliphatic hydroxyl groups is 1. The van der Waals surface area contributed by atoms with Gasteiger partial charge in [0, 0.05) is 88.9 Å². The lowest BCUT2D eigenvalue weighted by molar-refractivity contribution is -0.166. The molecule has 9 rings (SSSR count). The Hall–Kier alpha value is -5.54. The third-order valence-electron chi connectivity index (χ3n) is 12.3. The lowest BCUT2D eigenvalue weighted by atomic mass is 9.89. The largest absolute Gasteiger partial charge is 0.397 e. The van der Waals surface area contributed by atoms with E-state index in [9.17, 15) is 18.7 Å². The molecule has 0 radical (unpaired) electrons. The number of carbonyl (C=O) groups excluding carboxylic acids is 1. The molecule has 2 fully saturated rings. The summed E-state index contributed by atoms with van der Waals surface area (Å²) in [4.78, 5) is 30.8. The van der Waals surface area contributed by atoms with Crippen LogP contribution in [0.3, 0.4) is 0 Å². The molecule has 12 nitrogen and oxygen atoms in total. The molecule has 312 valence electrons. The number of amides is 1. The monoisotopic (exact) mass is 817 g/mol. The fraction of sp³-hybridized carbons (Fsp3) is 0.391. The van der Waals surface area contributed by atoms with E-state index in [1.54, 1.807) is 12.4 Å². The summed E-state index contributed by atoms with van der Waals surface area (Å²) >= 11 is 0. The van der Waals surface area contributed by atoms with Crippen LogP contribution in [0.1, 0.15) is 83.4 Å². The van der Waals surface area contributed by atoms with Crippen LogP contribution in [0.5, 0.6) is 0 Å². The standard InChI is InChI=1S/C46H49F2N7O5/c1-26-37(19-31(49)23-51-26)28-5-7-36-40(17-28)54-12-15-58-13-9-34(54)22-42(36)60-44-25-55-33(10-14-59-44)21-41(56)35-6-4-29(16-39(35)55)38-20-32(24-52-27(38)2)53-45(57)30-8-11-50-43(18-30)46(3,47)48/h4-8,11,16-20,23-24,33-34,41-42,44,56H,9-10,12-15,21-22,25,49H2,1-3H3,(H,53,57). The maximum Gasteiger partial charge on any atom is 0.286 e. The van der Waals surface area contributed by atoms with Crippen LogP contribution < -0.4 is 20.9 Å². The molecule has 3 aromatic heterocycles. The van der Waals surface area contributed by atoms with Crippen molar-refractivity contribution in [1.29, 1.82) is 0 Å². The second-order valence-electron chi connectivity index (χ2n) is 16.3. The summed E-state index contributed by atoms with van der Waals surface area (Å²) in [5.41, 5.74) is 16.0. The van der Waals surface area contributed by atoms with Crippen LogP contribution >= 0.6 is 0 Å². The molecule has 2 aromatic carbocycles. The normalized spacial score (nSPS) is 22.7. The zero-order chi connectivity index (χ0) is 41.7. The minimum Gasteiger partial charge on any atom is -0.397 e. The summed E-state index contributed by atoms with van der Waals surface area (Å²) in [5, 5.41) is 14.2. The van der Waals surface area contributed by atoms with Gasteiger partial charge in [0.25, 0.3) is 11.8 Å². The molecule has 5 aromatic rings. The van der Waals surface area contributed by atoms with Crippen molar-refractivity contribution in [2.75, 3.05) is 53.8 Å². The molecule has 14 heteroatoms. The molecule has 7 heterocycles. The van der Waals surface area contributed by atoms with E-state index in [-0.39, 0.29) is 23.8 Å². The van der Waals surface area contributed by atoms with Crippen molar-refractivity contribution in [2.45, 2.75) is 83.0 Å². The number of aliphatic hydroxyl groups excluding tert-OH is 1. The number of aryl methyl sites for hydroxylation is 2. The Morgan fingerprint density at radius 1 is 0.867 bits per heavy atom. The van der Waals surface area contributed by atoms with E-state index in [0.717, 1.165) is 94.9 Å². The van der Waals surface area contributed by atoms with Crippen molar-refractivity contribution in [1.82, 2.24) is 15.0 Å². The third kappa shape index (κ3) is 7.92. The van der Waals surface area contributed by atoms with Crippen molar-refractivity contribution in [2.24, 2.45) is 0 Å². The van der Waals surface area contributed by atoms with Gasteiger partial charge in [-0.1, -0.05) is 24.3 Å². The molecule has 5 unspecified atom stereocenters. The number of nitrogens with one attached hydrogen (secondary N) is 1. The van der Waals surface area contributed by atoms with Gasteiger partial charge in [0.05, 0.1) is 55.7 Å². The van der Waals surface area contributed by atoms with Crippen LogP contribution in [0, 0.1) is 13.8 Å². The summed E-state index contributed by atoms with van der Waals surface area (Å²) in [7, 11) is 0. The van der Waals surface area contributed by atoms with Crippen molar-refractivity contribution in [3.05, 3.63) is 113 Å². The lowest BCUT2D eigenvalue weighted by Crippen LogP contribution is -2.45. The molecule has 4 aliphatic heterocycles. The van der Waals surface area contributed by atoms with E-state index in [1.165, 1.54) is 12.3 Å². The molecule has 0 spiro atoms. The highest BCUT2D eigenvalue weighted by Gasteiger charge is 2.40. The molecule has 0 bridgehead atoms. The summed E-state index contributed by atoms with van der Waals surface area (Å²) in [6.07, 6.45) is 5.97. The summed E-state index contributed by atoms with van der Waals surface area (Å²) in [6.45, 7) is 7.70. The zero-order valence-corrected chi connectivity index (χ0v) is 33.9. The fourth-order valence-electron chi connectivity index (χ4n) is 9.16. The third-order valence-corrected chi connectivity index (χ3v) is 12.3. The Balaban J connectivity index is 0.993. The maximum absolute atomic E-state index is 14.0. The van der Waals surface area contributed by atoms with Gasteiger partial charge in [0.15, 0.2) is 6.29 Å². The highest BCUT2D eigenvalue weighted by Crippen LogP contribution is 2.46. The van der Waals surface area contributed by atoms with E-state index >= 15 is 0 Å². The number of hydrogen-bond acceptors (Lipinski definition) is 11. The first-order chi connectivity index (χ1) is 28.9. The SMILES string of the molecule is Cc1ncc(N)cc1-c1ccc2c(c1)N1CCOCCC1CC2OC1CN2c3cc(-c4cc(NC(=O)c5ccnc(C(C)(F)F)c5)cnc4C)ccc3C(O)CC2CCO1. The number of anilines is 4. The number of nitrogens with two attached hydrogens (primary N) is 1. The molecule has 5 atom stereocenters. The predicted molar refractivity (Wildman–Crippen MR) is 225 cm³/mol. The maximum atomic E-state index is 14.0. The van der Waals surface area contributed by atoms with Crippen molar-refractivity contribution in [3.63, 3.8) is 0 Å². The van der Waals surface area contributed by atoms with Gasteiger partial charge in [-0.2, -0.15) is 8.78 Å². The topological polar surface area (TPSA) is 148 Å². The van der Waals surface area contributed by atoms with E-state index in [0.29, 0.717) is 44.2 Å². The van der Waals surface area contributed by atoms with Crippen molar-refractivity contribution in [3.8, 4) is 22.3 Å². The number of pyridine rings is 3. The molecule has 4 aliphatic rings. The second kappa shape index (κ2) is 16.1. The number of carbonyl (C=O) groups is 1. The summed E-state index contributed by atoms with van der Waals surface area (Å²) in [6, 6.07) is 19.0. The smallest absolute Gasteiger partial charge is 0.286 e. The first-order valence-electron chi connectivity index (χ1n) is 20.6. The zero-order valence-electron chi connectivity index (χ0n) is 33.9. The average Bonchev–Trinajstić information content (AvgIpc) is 3.60. The van der Waals surface area contributed by atoms with Crippen LogP contribution in [0.25, 0.3) is 22.3 Å². The number of nitrogen functional groups attached to an aromatic ring is 1. The first kappa shape index (κ1) is 39.9. The highest BCUT2D eigenvalue weighted by atomic mass is 19.3. The molecule has 60 heavy (non-hydrogen) atoms. The van der Waals surface area contributed by atoms with Gasteiger partial charge in [0.1, 0.15) is 5.69 Å². The Morgan fingerprint density at radius 2 is 1.57 bits per heavy atom. The van der Waals surface area contributed by atoms with E-state index in [2.05, 4.69) is 54.3 Å². The Labute approximate surface area is 347 Å². The van der Waals surface area contributed by atoms with E-state index in [1.807, 2.05) is 38.1 Å². The highest BCUT2D eigenvalue weighted by molar-refractivity contribution is 6.04. The minimum atomic E-state index is -3.19. The molecule has 4 N–H and O–H groups in total. The van der Waals surface area contributed by atoms with Gasteiger partial charge in [0.2, 0.25) is 0 Å². The minimum absolute atomic E-state index is 0.0211. The number of ether oxygens (including phenoxy) is 3. The van der Waals surface area contributed by atoms with Gasteiger partial charge in [-0.3, -0.25) is 19.7 Å². The Bertz CT molecular complexity index is 2430. The fourth-order valence-corrected chi connectivity index (χ4v) is 9.16. The van der Waals surface area contributed by atoms with Gasteiger partial charge < -0.3 is 40.2 Å². The number of benzene rings is 2. The number of nitrogens with zero attached hydrogens (tertiary/aromatic N) is 5. The van der Waals surface area contributed by atoms with Crippen LogP contribution in [0.2, 0.25) is 0 Å². The Morgan fingerprint density at radius 3 is 2.35 bits per heavy atom. The number of hydrogen-bond donors (Lipinski definition) is 3. The van der Waals surface area contributed by atoms with Gasteiger partial charge in [-0.25, -0.2) is 0 Å². The van der Waals surface area contributed by atoms with Crippen LogP contribution in [0.4, 0.5) is 31.5 Å². The number of fused-ring (bicyclic) bond motifs is 6. The molecular formula is C46H49F2N7O5. The van der Waals surface area contributed by atoms with Crippen molar-refractivity contribution < 1.29 is 32.9 Å². The van der Waals surface area contributed by atoms with E-state index in [4.69, 9.17) is 19.9 Å². The number of rotatable bonds is 7. The second-order valence-corrected chi connectivity index (χ2v) is 16.3. The van der Waals surface area contributed by atoms with Gasteiger partial charge in [-0.15, -0.1) is 0 Å². The summed E-state index contributed by atoms with van der Waals surface area (Å²) in [5.74, 6) is -3.74. The number of alkyl halides is 2. The first-order valence-corrected chi connectivity index (χ1v) is 20.6. The quantitative estimate of drug-likeness (QED) is 0.147. The summed E-state index contributed by atoms with van der Waals surface area (Å²) < 4.78 is 47.4. The van der Waals surface area contributed by atoms with Crippen molar-refractivity contribution >= 4 is 28.7 Å². The Kier molecular flexibility index (Phi) is 10.7. The molecular weight excluding hydrogens is 769 g/mol. The van der Waals surface area contributed by atoms with E-state index < -0.39 is 29.9 Å². The lowest BCUT2D eigenvalue weighted by Gasteiger charge is -2.43. The van der Waals surface area contributed by atoms with Gasteiger partial charge >= 0.3 is 0 Å². The number of halogens is 2. The molecule has 1 amide bonds. The predicted octanol–water partition coefficient (Wildman–Crippen LogP) is 7.88. The molecule has 0 aliphatic carbocycles. The van der Waals surface area contributed by atoms with Crippen LogP contribution in [-0.4, -0.2) is 77.2 Å². The van der Waals surface area contributed by atoms with Gasteiger partial charge in [-0.05, 0) is 87.1 Å². The molecule has 2 saturated heterocycles. The molecule has 0 saturated carbocycles. The van der Waals surface area contributed by atoms with Crippen LogP contribution in [-0.2, 0) is 20.1 Å².